The van der Waals surface area contributed by atoms with E-state index < -0.39 is 0 Å². The van der Waals surface area contributed by atoms with Crippen LogP contribution in [0.2, 0.25) is 5.02 Å². The lowest BCUT2D eigenvalue weighted by Gasteiger charge is -2.23. The van der Waals surface area contributed by atoms with Crippen molar-refractivity contribution in [2.75, 3.05) is 11.6 Å². The summed E-state index contributed by atoms with van der Waals surface area (Å²) >= 11 is 5.87. The first-order valence-corrected chi connectivity index (χ1v) is 8.16. The number of hydrogen-bond acceptors (Lipinski definition) is 2. The lowest BCUT2D eigenvalue weighted by atomic mass is 10.1. The predicted molar refractivity (Wildman–Crippen MR) is 91.8 cm³/mol. The molecule has 0 unspecified atom stereocenters. The van der Waals surface area contributed by atoms with Gasteiger partial charge in [0.25, 0.3) is 0 Å². The average Bonchev–Trinajstić information content (AvgIpc) is 2.47. The zero-order valence-electron chi connectivity index (χ0n) is 12.9. The van der Waals surface area contributed by atoms with Crippen molar-refractivity contribution in [3.63, 3.8) is 0 Å². The van der Waals surface area contributed by atoms with Crippen LogP contribution in [0.15, 0.2) is 24.3 Å². The number of nitrogens with two attached hydrogens (primary N) is 1. The van der Waals surface area contributed by atoms with Gasteiger partial charge in [-0.2, -0.15) is 0 Å². The third-order valence-corrected chi connectivity index (χ3v) is 3.63. The van der Waals surface area contributed by atoms with Gasteiger partial charge in [0.2, 0.25) is 5.96 Å². The van der Waals surface area contributed by atoms with Gasteiger partial charge >= 0.3 is 0 Å². The van der Waals surface area contributed by atoms with Crippen molar-refractivity contribution in [2.45, 2.75) is 51.9 Å². The fourth-order valence-electron chi connectivity index (χ4n) is 2.18. The van der Waals surface area contributed by atoms with Crippen molar-refractivity contribution in [1.29, 1.82) is 5.41 Å². The maximum atomic E-state index is 7.64. The summed E-state index contributed by atoms with van der Waals surface area (Å²) in [5.41, 5.74) is 9.64. The Labute approximate surface area is 133 Å². The summed E-state index contributed by atoms with van der Waals surface area (Å²) in [6, 6.07) is 7.29. The molecule has 0 spiro atoms. The molecule has 1 aromatic rings. The number of hydrogen-bond donors (Lipinski definition) is 3. The van der Waals surface area contributed by atoms with Gasteiger partial charge in [0, 0.05) is 11.6 Å². The first kappa shape index (κ1) is 17.8. The molecule has 1 aromatic carbocycles. The standard InChI is InChI=1S/C16H27ClN4/c1-2-3-4-5-6-7-8-13-20-21(16(18)19)15-11-9-14(17)10-12-15/h9-12,20H,2-8,13H2,1H3,(H3,18,19). The third-order valence-electron chi connectivity index (χ3n) is 3.38. The van der Waals surface area contributed by atoms with E-state index in [-0.39, 0.29) is 5.96 Å². The van der Waals surface area contributed by atoms with Crippen LogP contribution in [0, 0.1) is 5.41 Å². The number of guanidine groups is 1. The molecule has 4 nitrogen and oxygen atoms in total. The summed E-state index contributed by atoms with van der Waals surface area (Å²) in [4.78, 5) is 0. The molecular weight excluding hydrogens is 284 g/mol. The van der Waals surface area contributed by atoms with Crippen LogP contribution in [0.3, 0.4) is 0 Å². The Morgan fingerprint density at radius 3 is 2.24 bits per heavy atom. The summed E-state index contributed by atoms with van der Waals surface area (Å²) in [6.07, 6.45) is 8.87. The summed E-state index contributed by atoms with van der Waals surface area (Å²) in [7, 11) is 0. The van der Waals surface area contributed by atoms with Gasteiger partial charge < -0.3 is 5.73 Å². The molecule has 0 aliphatic carbocycles. The van der Waals surface area contributed by atoms with Gasteiger partial charge in [0.15, 0.2) is 0 Å². The van der Waals surface area contributed by atoms with E-state index in [1.54, 1.807) is 17.1 Å². The number of rotatable bonds is 10. The van der Waals surface area contributed by atoms with Crippen LogP contribution < -0.4 is 16.2 Å². The van der Waals surface area contributed by atoms with Gasteiger partial charge in [-0.1, -0.05) is 57.0 Å². The molecular formula is C16H27ClN4. The van der Waals surface area contributed by atoms with Crippen LogP contribution in [0.4, 0.5) is 5.69 Å². The van der Waals surface area contributed by atoms with E-state index in [1.165, 1.54) is 38.5 Å². The molecule has 0 aliphatic heterocycles. The molecule has 118 valence electrons. The quantitative estimate of drug-likeness (QED) is 0.261. The molecule has 0 bridgehead atoms. The molecule has 21 heavy (non-hydrogen) atoms. The van der Waals surface area contributed by atoms with Crippen molar-refractivity contribution < 1.29 is 0 Å². The van der Waals surface area contributed by atoms with Crippen LogP contribution in [0.25, 0.3) is 0 Å². The SMILES string of the molecule is CCCCCCCCCNN(C(=N)N)c1ccc(Cl)cc1. The van der Waals surface area contributed by atoms with Crippen LogP contribution in [-0.2, 0) is 0 Å². The van der Waals surface area contributed by atoms with Crippen molar-refractivity contribution in [3.8, 4) is 0 Å². The van der Waals surface area contributed by atoms with Crippen LogP contribution in [0.5, 0.6) is 0 Å². The summed E-state index contributed by atoms with van der Waals surface area (Å²) < 4.78 is 0. The fourth-order valence-corrected chi connectivity index (χ4v) is 2.30. The summed E-state index contributed by atoms with van der Waals surface area (Å²) in [5, 5.41) is 9.91. The van der Waals surface area contributed by atoms with Crippen LogP contribution in [0.1, 0.15) is 51.9 Å². The lowest BCUT2D eigenvalue weighted by molar-refractivity contribution is 0.567. The highest BCUT2D eigenvalue weighted by atomic mass is 35.5. The topological polar surface area (TPSA) is 65.1 Å². The highest BCUT2D eigenvalue weighted by Gasteiger charge is 2.08. The largest absolute Gasteiger partial charge is 0.369 e. The molecule has 0 saturated carbocycles. The van der Waals surface area contributed by atoms with Gasteiger partial charge in [-0.25, -0.2) is 10.4 Å². The first-order chi connectivity index (χ1) is 10.1. The summed E-state index contributed by atoms with van der Waals surface area (Å²) in [6.45, 7) is 3.05. The molecule has 0 aliphatic rings. The fraction of sp³-hybridized carbons (Fsp3) is 0.562. The van der Waals surface area contributed by atoms with E-state index in [9.17, 15) is 0 Å². The number of unbranched alkanes of at least 4 members (excludes halogenated alkanes) is 6. The smallest absolute Gasteiger partial charge is 0.207 e. The Morgan fingerprint density at radius 1 is 1.10 bits per heavy atom. The number of halogens is 1. The number of nitrogens with zero attached hydrogens (tertiary/aromatic N) is 1. The van der Waals surface area contributed by atoms with E-state index in [2.05, 4.69) is 12.3 Å². The molecule has 0 aromatic heterocycles. The third kappa shape index (κ3) is 7.34. The minimum atomic E-state index is -0.0136. The Bertz CT molecular complexity index is 405. The monoisotopic (exact) mass is 310 g/mol. The Kier molecular flexibility index (Phi) is 8.87. The zero-order chi connectivity index (χ0) is 15.5. The molecule has 4 N–H and O–H groups in total. The normalized spacial score (nSPS) is 10.6. The maximum Gasteiger partial charge on any atom is 0.207 e. The lowest BCUT2D eigenvalue weighted by Crippen LogP contribution is -2.47. The molecule has 0 fully saturated rings. The maximum absolute atomic E-state index is 7.64. The highest BCUT2D eigenvalue weighted by Crippen LogP contribution is 2.16. The molecule has 5 heteroatoms. The number of benzene rings is 1. The first-order valence-electron chi connectivity index (χ1n) is 7.78. The molecule has 0 amide bonds. The number of nitrogens with one attached hydrogen (secondary N) is 2. The van der Waals surface area contributed by atoms with Gasteiger partial charge in [0.1, 0.15) is 0 Å². The van der Waals surface area contributed by atoms with Gasteiger partial charge in [0.05, 0.1) is 5.69 Å². The summed E-state index contributed by atoms with van der Waals surface area (Å²) in [5.74, 6) is -0.0136. The van der Waals surface area contributed by atoms with Gasteiger partial charge in [-0.15, -0.1) is 0 Å². The second-order valence-corrected chi connectivity index (χ2v) is 5.66. The highest BCUT2D eigenvalue weighted by molar-refractivity contribution is 6.30. The van der Waals surface area contributed by atoms with E-state index >= 15 is 0 Å². The van der Waals surface area contributed by atoms with Crippen molar-refractivity contribution in [2.24, 2.45) is 5.73 Å². The second-order valence-electron chi connectivity index (χ2n) is 5.23. The van der Waals surface area contributed by atoms with Crippen LogP contribution >= 0.6 is 11.6 Å². The van der Waals surface area contributed by atoms with E-state index in [0.29, 0.717) is 5.02 Å². The Morgan fingerprint density at radius 2 is 1.67 bits per heavy atom. The van der Waals surface area contributed by atoms with Gasteiger partial charge in [-0.3, -0.25) is 5.41 Å². The second kappa shape index (κ2) is 10.5. The minimum Gasteiger partial charge on any atom is -0.369 e. The van der Waals surface area contributed by atoms with Crippen LogP contribution in [-0.4, -0.2) is 12.5 Å². The van der Waals surface area contributed by atoms with Crippen molar-refractivity contribution in [1.82, 2.24) is 5.43 Å². The molecule has 1 rings (SSSR count). The van der Waals surface area contributed by atoms with E-state index in [4.69, 9.17) is 22.7 Å². The number of anilines is 1. The van der Waals surface area contributed by atoms with E-state index in [1.807, 2.05) is 12.1 Å². The number of hydrazine groups is 1. The molecule has 0 atom stereocenters. The van der Waals surface area contributed by atoms with Gasteiger partial charge in [-0.05, 0) is 30.7 Å². The van der Waals surface area contributed by atoms with E-state index in [0.717, 1.165) is 18.7 Å². The molecule has 0 heterocycles. The zero-order valence-corrected chi connectivity index (χ0v) is 13.6. The minimum absolute atomic E-state index is 0.0136. The molecule has 0 radical (unpaired) electrons. The average molecular weight is 311 g/mol. The van der Waals surface area contributed by atoms with Crippen molar-refractivity contribution in [3.05, 3.63) is 29.3 Å². The molecule has 0 saturated heterocycles. The predicted octanol–water partition coefficient (Wildman–Crippen LogP) is 4.30. The Balaban J connectivity index is 2.26. The Hall–Kier alpha value is -1.26. The van der Waals surface area contributed by atoms with Crippen molar-refractivity contribution >= 4 is 23.2 Å².